The van der Waals surface area contributed by atoms with Crippen LogP contribution in [0.25, 0.3) is 10.9 Å². The van der Waals surface area contributed by atoms with Crippen LogP contribution >= 0.6 is 0 Å². The average molecular weight is 429 g/mol. The fourth-order valence-corrected chi connectivity index (χ4v) is 3.72. The Kier molecular flexibility index (Phi) is 5.43. The van der Waals surface area contributed by atoms with Gasteiger partial charge in [0.1, 0.15) is 5.75 Å². The van der Waals surface area contributed by atoms with Crippen LogP contribution in [0.5, 0.6) is 11.8 Å². The van der Waals surface area contributed by atoms with E-state index >= 15 is 0 Å². The molecule has 8 nitrogen and oxygen atoms in total. The quantitative estimate of drug-likeness (QED) is 0.518. The van der Waals surface area contributed by atoms with E-state index in [1.165, 1.54) is 5.69 Å². The predicted octanol–water partition coefficient (Wildman–Crippen LogP) is 3.71. The molecule has 2 aromatic heterocycles. The first-order valence-corrected chi connectivity index (χ1v) is 10.5. The minimum Gasteiger partial charge on any atom is -0.426 e. The lowest BCUT2D eigenvalue weighted by atomic mass is 10.2. The zero-order chi connectivity index (χ0) is 21.9. The van der Waals surface area contributed by atoms with Gasteiger partial charge >= 0.3 is 6.01 Å². The van der Waals surface area contributed by atoms with E-state index in [-0.39, 0.29) is 11.6 Å². The number of aromatic amines is 1. The molecule has 3 heterocycles. The van der Waals surface area contributed by atoms with Gasteiger partial charge in [-0.25, -0.2) is 0 Å². The number of rotatable bonds is 5. The number of morpholine rings is 1. The summed E-state index contributed by atoms with van der Waals surface area (Å²) in [6.45, 7) is 3.39. The van der Waals surface area contributed by atoms with Crippen molar-refractivity contribution in [3.63, 3.8) is 0 Å². The molecule has 5 rings (SSSR count). The fourth-order valence-electron chi connectivity index (χ4n) is 3.72. The van der Waals surface area contributed by atoms with Gasteiger partial charge < -0.3 is 19.3 Å². The number of hydrogen-bond acceptors (Lipinski definition) is 7. The molecule has 8 heteroatoms. The van der Waals surface area contributed by atoms with E-state index in [9.17, 15) is 4.79 Å². The van der Waals surface area contributed by atoms with Crippen molar-refractivity contribution in [2.75, 3.05) is 43.2 Å². The Hall–Kier alpha value is -3.91. The van der Waals surface area contributed by atoms with Gasteiger partial charge in [-0.15, -0.1) is 0 Å². The second-order valence-electron chi connectivity index (χ2n) is 7.53. The van der Waals surface area contributed by atoms with Crippen LogP contribution in [-0.2, 0) is 4.74 Å². The summed E-state index contributed by atoms with van der Waals surface area (Å²) in [5.74, 6) is 0.580. The number of nitrogens with zero attached hydrogens (tertiary/aromatic N) is 4. The SMILES string of the molecule is CN(c1ccc(Oc2nc3cnccc3c(=O)[nH]2)cc1)c1ccc(N2CCOCC2)cc1. The lowest BCUT2D eigenvalue weighted by Crippen LogP contribution is -2.36. The van der Waals surface area contributed by atoms with E-state index in [0.29, 0.717) is 16.7 Å². The van der Waals surface area contributed by atoms with Crippen molar-refractivity contribution in [3.8, 4) is 11.8 Å². The molecule has 1 aliphatic heterocycles. The van der Waals surface area contributed by atoms with E-state index in [2.05, 4.69) is 49.0 Å². The molecule has 0 amide bonds. The van der Waals surface area contributed by atoms with Crippen molar-refractivity contribution in [1.82, 2.24) is 15.0 Å². The first kappa shape index (κ1) is 20.0. The fraction of sp³-hybridized carbons (Fsp3) is 0.208. The van der Waals surface area contributed by atoms with Gasteiger partial charge in [-0.1, -0.05) is 0 Å². The first-order valence-electron chi connectivity index (χ1n) is 10.5. The number of pyridine rings is 1. The molecule has 0 spiro atoms. The Bertz CT molecular complexity index is 1270. The van der Waals surface area contributed by atoms with E-state index in [1.807, 2.05) is 31.3 Å². The van der Waals surface area contributed by atoms with Crippen LogP contribution in [0.15, 0.2) is 71.8 Å². The Morgan fingerprint density at radius 2 is 1.69 bits per heavy atom. The lowest BCUT2D eigenvalue weighted by molar-refractivity contribution is 0.122. The molecule has 0 radical (unpaired) electrons. The second kappa shape index (κ2) is 8.68. The molecule has 0 saturated carbocycles. The Morgan fingerprint density at radius 1 is 1.00 bits per heavy atom. The third-order valence-electron chi connectivity index (χ3n) is 5.54. The smallest absolute Gasteiger partial charge is 0.302 e. The maximum Gasteiger partial charge on any atom is 0.302 e. The molecular weight excluding hydrogens is 406 g/mol. The van der Waals surface area contributed by atoms with Crippen molar-refractivity contribution < 1.29 is 9.47 Å². The van der Waals surface area contributed by atoms with E-state index in [4.69, 9.17) is 9.47 Å². The number of aromatic nitrogens is 3. The Morgan fingerprint density at radius 3 is 2.41 bits per heavy atom. The molecule has 0 aliphatic carbocycles. The normalized spacial score (nSPS) is 13.8. The van der Waals surface area contributed by atoms with Gasteiger partial charge in [-0.3, -0.25) is 14.8 Å². The standard InChI is InChI=1S/C24H23N5O3/c1-28(17-2-4-19(5-3-17)29-12-14-31-15-13-29)18-6-8-20(9-7-18)32-24-26-22-16-25-11-10-21(22)23(30)27-24/h2-11,16H,12-15H2,1H3,(H,26,27,30). The summed E-state index contributed by atoms with van der Waals surface area (Å²) in [6.07, 6.45) is 3.10. The van der Waals surface area contributed by atoms with Crippen molar-refractivity contribution in [2.24, 2.45) is 0 Å². The molecule has 162 valence electrons. The number of H-pyrrole nitrogens is 1. The van der Waals surface area contributed by atoms with E-state index < -0.39 is 0 Å². The van der Waals surface area contributed by atoms with Crippen LogP contribution in [0.4, 0.5) is 17.1 Å². The summed E-state index contributed by atoms with van der Waals surface area (Å²) in [7, 11) is 2.02. The summed E-state index contributed by atoms with van der Waals surface area (Å²) >= 11 is 0. The number of anilines is 3. The maximum absolute atomic E-state index is 12.2. The third kappa shape index (κ3) is 4.13. The van der Waals surface area contributed by atoms with E-state index in [0.717, 1.165) is 37.7 Å². The minimum atomic E-state index is -0.260. The maximum atomic E-state index is 12.2. The number of nitrogens with one attached hydrogen (secondary N) is 1. The summed E-state index contributed by atoms with van der Waals surface area (Å²) < 4.78 is 11.2. The Balaban J connectivity index is 1.29. The molecule has 0 bridgehead atoms. The summed E-state index contributed by atoms with van der Waals surface area (Å²) in [5, 5.41) is 0.476. The van der Waals surface area contributed by atoms with Gasteiger partial charge in [0.25, 0.3) is 5.56 Å². The highest BCUT2D eigenvalue weighted by molar-refractivity contribution is 5.76. The molecule has 1 N–H and O–H groups in total. The first-order chi connectivity index (χ1) is 15.7. The van der Waals surface area contributed by atoms with Crippen LogP contribution in [0.2, 0.25) is 0 Å². The molecule has 0 atom stereocenters. The Labute approximate surface area is 185 Å². The highest BCUT2D eigenvalue weighted by Gasteiger charge is 2.12. The van der Waals surface area contributed by atoms with Crippen LogP contribution < -0.4 is 20.1 Å². The van der Waals surface area contributed by atoms with Crippen LogP contribution in [0.3, 0.4) is 0 Å². The largest absolute Gasteiger partial charge is 0.426 e. The zero-order valence-corrected chi connectivity index (χ0v) is 17.7. The van der Waals surface area contributed by atoms with Gasteiger partial charge in [-0.2, -0.15) is 4.98 Å². The molecule has 0 unspecified atom stereocenters. The lowest BCUT2D eigenvalue weighted by Gasteiger charge is -2.29. The molecule has 4 aromatic rings. The summed E-state index contributed by atoms with van der Waals surface area (Å²) in [5.41, 5.74) is 3.54. The highest BCUT2D eigenvalue weighted by atomic mass is 16.5. The van der Waals surface area contributed by atoms with Crippen molar-refractivity contribution in [1.29, 1.82) is 0 Å². The number of hydrogen-bond donors (Lipinski definition) is 1. The van der Waals surface area contributed by atoms with Gasteiger partial charge in [0, 0.05) is 43.4 Å². The number of fused-ring (bicyclic) bond motifs is 1. The van der Waals surface area contributed by atoms with E-state index in [1.54, 1.807) is 18.5 Å². The zero-order valence-electron chi connectivity index (χ0n) is 17.7. The van der Waals surface area contributed by atoms with Crippen LogP contribution in [0.1, 0.15) is 0 Å². The number of benzene rings is 2. The predicted molar refractivity (Wildman–Crippen MR) is 124 cm³/mol. The second-order valence-corrected chi connectivity index (χ2v) is 7.53. The molecule has 1 aliphatic rings. The third-order valence-corrected chi connectivity index (χ3v) is 5.54. The van der Waals surface area contributed by atoms with Crippen molar-refractivity contribution in [2.45, 2.75) is 0 Å². The van der Waals surface area contributed by atoms with Crippen molar-refractivity contribution >= 4 is 28.0 Å². The average Bonchev–Trinajstić information content (AvgIpc) is 2.85. The molecule has 1 saturated heterocycles. The molecule has 32 heavy (non-hydrogen) atoms. The molecule has 2 aromatic carbocycles. The molecule has 1 fully saturated rings. The van der Waals surface area contributed by atoms with Gasteiger partial charge in [0.2, 0.25) is 0 Å². The topological polar surface area (TPSA) is 83.6 Å². The molecular formula is C24H23N5O3. The van der Waals surface area contributed by atoms with Crippen LogP contribution in [0, 0.1) is 0 Å². The summed E-state index contributed by atoms with van der Waals surface area (Å²) in [4.78, 5) is 27.6. The van der Waals surface area contributed by atoms with Gasteiger partial charge in [0.05, 0.1) is 30.3 Å². The minimum absolute atomic E-state index is 0.135. The monoisotopic (exact) mass is 429 g/mol. The van der Waals surface area contributed by atoms with Gasteiger partial charge in [0.15, 0.2) is 0 Å². The highest BCUT2D eigenvalue weighted by Crippen LogP contribution is 2.28. The van der Waals surface area contributed by atoms with Crippen molar-refractivity contribution in [3.05, 3.63) is 77.3 Å². The summed E-state index contributed by atoms with van der Waals surface area (Å²) in [6, 6.07) is 17.9. The van der Waals surface area contributed by atoms with Gasteiger partial charge in [-0.05, 0) is 54.6 Å². The number of ether oxygens (including phenoxy) is 2. The van der Waals surface area contributed by atoms with Crippen LogP contribution in [-0.4, -0.2) is 48.3 Å².